The van der Waals surface area contributed by atoms with Crippen LogP contribution in [0.3, 0.4) is 0 Å². The van der Waals surface area contributed by atoms with Crippen LogP contribution in [0.25, 0.3) is 0 Å². The van der Waals surface area contributed by atoms with Crippen LogP contribution in [-0.4, -0.2) is 65.3 Å². The molecule has 1 fully saturated rings. The summed E-state index contributed by atoms with van der Waals surface area (Å²) in [5, 5.41) is 23.0. The summed E-state index contributed by atoms with van der Waals surface area (Å²) in [5.41, 5.74) is -6.12. The molecule has 2 amide bonds. The predicted molar refractivity (Wildman–Crippen MR) is 107 cm³/mol. The van der Waals surface area contributed by atoms with Crippen LogP contribution in [-0.2, 0) is 26.7 Å². The summed E-state index contributed by atoms with van der Waals surface area (Å²) in [7, 11) is 0. The number of amides is 2. The van der Waals surface area contributed by atoms with E-state index in [2.05, 4.69) is 5.32 Å². The lowest BCUT2D eigenvalue weighted by molar-refractivity contribution is -0.141. The highest BCUT2D eigenvalue weighted by atomic mass is 19.4. The average molecular weight is 514 g/mol. The zero-order valence-corrected chi connectivity index (χ0v) is 18.6. The minimum atomic E-state index is -5.19. The van der Waals surface area contributed by atoms with Crippen molar-refractivity contribution in [2.75, 3.05) is 19.8 Å². The maximum absolute atomic E-state index is 13.3. The number of carbonyl (C=O) groups excluding carboxylic acids is 3. The summed E-state index contributed by atoms with van der Waals surface area (Å²) in [4.78, 5) is 37.8. The topological polar surface area (TPSA) is 128 Å². The second-order valence-electron chi connectivity index (χ2n) is 8.46. The van der Waals surface area contributed by atoms with E-state index in [1.54, 1.807) is 19.2 Å². The zero-order chi connectivity index (χ0) is 26.8. The highest BCUT2D eigenvalue weighted by Gasteiger charge is 2.54. The molecule has 8 nitrogen and oxygen atoms in total. The van der Waals surface area contributed by atoms with Crippen molar-refractivity contribution in [3.8, 4) is 0 Å². The van der Waals surface area contributed by atoms with Gasteiger partial charge in [0.2, 0.25) is 5.91 Å². The summed E-state index contributed by atoms with van der Waals surface area (Å²) in [6.45, 7) is 1.53. The third-order valence-electron chi connectivity index (χ3n) is 5.24. The second-order valence-corrected chi connectivity index (χ2v) is 8.46. The summed E-state index contributed by atoms with van der Waals surface area (Å²) in [6, 6.07) is -2.89. The van der Waals surface area contributed by atoms with Gasteiger partial charge in [-0.3, -0.25) is 14.4 Å². The lowest BCUT2D eigenvalue weighted by atomic mass is 9.92. The fourth-order valence-electron chi connectivity index (χ4n) is 3.28. The maximum Gasteiger partial charge on any atom is 0.417 e. The number of Topliss-reactive ketones (excluding diaryl/α,β-unsaturated/α-hetero) is 1. The van der Waals surface area contributed by atoms with E-state index in [4.69, 9.17) is 4.74 Å². The molecule has 1 saturated heterocycles. The fraction of sp³-hybridized carbons (Fsp3) is 0.571. The third-order valence-corrected chi connectivity index (χ3v) is 5.24. The molecule has 1 aliphatic rings. The molecule has 14 heteroatoms. The fourth-order valence-corrected chi connectivity index (χ4v) is 3.28. The van der Waals surface area contributed by atoms with Crippen LogP contribution in [0.1, 0.15) is 41.8 Å². The molecule has 0 aliphatic carbocycles. The quantitative estimate of drug-likeness (QED) is 0.278. The highest BCUT2D eigenvalue weighted by Crippen LogP contribution is 2.36. The van der Waals surface area contributed by atoms with Crippen LogP contribution in [0.4, 0.5) is 26.3 Å². The van der Waals surface area contributed by atoms with Crippen molar-refractivity contribution in [1.82, 2.24) is 10.6 Å². The Labute approximate surface area is 195 Å². The summed E-state index contributed by atoms with van der Waals surface area (Å²) >= 11 is 0. The molecule has 1 aromatic carbocycles. The number of aliphatic hydroxyl groups is 2. The molecule has 0 radical (unpaired) electrons. The molecule has 1 heterocycles. The Bertz CT molecular complexity index is 959. The van der Waals surface area contributed by atoms with Gasteiger partial charge in [0, 0.05) is 0 Å². The number of nitrogens with one attached hydrogen (secondary N) is 2. The molecule has 1 aliphatic heterocycles. The number of rotatable bonds is 10. The first kappa shape index (κ1) is 28.5. The number of hydrogen-bond donors (Lipinski definition) is 4. The Morgan fingerprint density at radius 2 is 1.63 bits per heavy atom. The van der Waals surface area contributed by atoms with Gasteiger partial charge in [0.05, 0.1) is 42.6 Å². The van der Waals surface area contributed by atoms with Gasteiger partial charge in [0.15, 0.2) is 11.4 Å². The number of halogens is 6. The van der Waals surface area contributed by atoms with Crippen LogP contribution in [0.15, 0.2) is 18.2 Å². The normalized spacial score (nSPS) is 19.7. The minimum Gasteiger partial charge on any atom is -0.394 e. The van der Waals surface area contributed by atoms with Gasteiger partial charge in [-0.15, -0.1) is 0 Å². The Morgan fingerprint density at radius 1 is 1.03 bits per heavy atom. The highest BCUT2D eigenvalue weighted by molar-refractivity contribution is 6.01. The summed E-state index contributed by atoms with van der Waals surface area (Å²) in [5.74, 6) is -3.70. The molecular formula is C21H24F6N2O6. The lowest BCUT2D eigenvalue weighted by Crippen LogP contribution is -2.55. The van der Waals surface area contributed by atoms with Gasteiger partial charge in [-0.1, -0.05) is 13.8 Å². The van der Waals surface area contributed by atoms with Crippen molar-refractivity contribution >= 4 is 17.6 Å². The molecule has 0 saturated carbocycles. The van der Waals surface area contributed by atoms with Gasteiger partial charge in [-0.25, -0.2) is 0 Å². The van der Waals surface area contributed by atoms with Crippen molar-refractivity contribution in [2.24, 2.45) is 5.92 Å². The molecule has 3 atom stereocenters. The number of aliphatic hydroxyl groups excluding tert-OH is 2. The number of benzene rings is 1. The zero-order valence-electron chi connectivity index (χ0n) is 18.6. The third kappa shape index (κ3) is 6.92. The van der Waals surface area contributed by atoms with Gasteiger partial charge < -0.3 is 25.6 Å². The smallest absolute Gasteiger partial charge is 0.394 e. The number of hydrogen-bond acceptors (Lipinski definition) is 6. The van der Waals surface area contributed by atoms with Crippen molar-refractivity contribution in [3.05, 3.63) is 34.9 Å². The van der Waals surface area contributed by atoms with E-state index in [0.29, 0.717) is 0 Å². The van der Waals surface area contributed by atoms with Gasteiger partial charge >= 0.3 is 12.4 Å². The molecule has 0 spiro atoms. The Morgan fingerprint density at radius 3 is 2.06 bits per heavy atom. The molecule has 2 unspecified atom stereocenters. The van der Waals surface area contributed by atoms with Gasteiger partial charge in [0.1, 0.15) is 6.04 Å². The lowest BCUT2D eigenvalue weighted by Gasteiger charge is -2.25. The van der Waals surface area contributed by atoms with Gasteiger partial charge in [-0.2, -0.15) is 26.3 Å². The Balaban J connectivity index is 2.28. The maximum atomic E-state index is 13.3. The molecule has 2 rings (SSSR count). The molecule has 1 aromatic rings. The molecule has 0 aromatic heterocycles. The van der Waals surface area contributed by atoms with E-state index >= 15 is 0 Å². The van der Waals surface area contributed by atoms with E-state index in [1.165, 1.54) is 0 Å². The largest absolute Gasteiger partial charge is 0.417 e. The van der Waals surface area contributed by atoms with Crippen LogP contribution < -0.4 is 10.6 Å². The molecule has 35 heavy (non-hydrogen) atoms. The molecule has 4 N–H and O–H groups in total. The number of ketones is 1. The predicted octanol–water partition coefficient (Wildman–Crippen LogP) is 1.68. The van der Waals surface area contributed by atoms with Crippen LogP contribution >= 0.6 is 0 Å². The molecule has 0 bridgehead atoms. The van der Waals surface area contributed by atoms with Crippen LogP contribution in [0.2, 0.25) is 0 Å². The molecular weight excluding hydrogens is 490 g/mol. The summed E-state index contributed by atoms with van der Waals surface area (Å²) in [6.07, 6.45) is -10.2. The minimum absolute atomic E-state index is 0.00890. The van der Waals surface area contributed by atoms with Crippen molar-refractivity contribution in [3.63, 3.8) is 0 Å². The first-order chi connectivity index (χ1) is 16.1. The van der Waals surface area contributed by atoms with E-state index in [-0.39, 0.29) is 37.1 Å². The second kappa shape index (κ2) is 10.5. The Hall–Kier alpha value is -2.71. The Kier molecular flexibility index (Phi) is 8.56. The van der Waals surface area contributed by atoms with Crippen molar-refractivity contribution < 1.29 is 55.7 Å². The monoisotopic (exact) mass is 514 g/mol. The van der Waals surface area contributed by atoms with Crippen molar-refractivity contribution in [1.29, 1.82) is 0 Å². The van der Waals surface area contributed by atoms with Crippen molar-refractivity contribution in [2.45, 2.75) is 50.3 Å². The van der Waals surface area contributed by atoms with E-state index < -0.39 is 77.5 Å². The number of epoxide rings is 1. The van der Waals surface area contributed by atoms with E-state index in [9.17, 15) is 50.9 Å². The standard InChI is InChI=1S/C21H24F6N2O6/c1-10(2)5-14(16(32)19(8-31)9-35-19)28-18(34)15(7-30)29-17(33)12-6-11(20(22,23)24)3-4-13(12)21(25,26)27/h3-4,6,10,14-15,30-31H,5,7-9H2,1-2H3,(H,28,34)(H,29,33)/t14?,15-,19?/m0/s1. The first-order valence-corrected chi connectivity index (χ1v) is 10.4. The van der Waals surface area contributed by atoms with Crippen LogP contribution in [0, 0.1) is 5.92 Å². The number of ether oxygens (including phenoxy) is 1. The van der Waals surface area contributed by atoms with Crippen LogP contribution in [0.5, 0.6) is 0 Å². The molecule has 196 valence electrons. The SMILES string of the molecule is CC(C)CC(NC(=O)[C@H](CO)NC(=O)c1cc(C(F)(F)F)ccc1C(F)(F)F)C(=O)C1(CO)CO1. The van der Waals surface area contributed by atoms with Gasteiger partial charge in [-0.05, 0) is 30.5 Å². The van der Waals surface area contributed by atoms with E-state index in [1.807, 2.05) is 0 Å². The first-order valence-electron chi connectivity index (χ1n) is 10.4. The van der Waals surface area contributed by atoms with Gasteiger partial charge in [0.25, 0.3) is 5.91 Å². The number of alkyl halides is 6. The number of carbonyl (C=O) groups is 3. The van der Waals surface area contributed by atoms with E-state index in [0.717, 1.165) is 0 Å². The average Bonchev–Trinajstić information content (AvgIpc) is 3.55. The summed E-state index contributed by atoms with van der Waals surface area (Å²) < 4.78 is 83.8.